The second-order valence-corrected chi connectivity index (χ2v) is 4.91. The normalized spacial score (nSPS) is 22.8. The lowest BCUT2D eigenvalue weighted by Crippen LogP contribution is -2.18. The maximum absolute atomic E-state index is 12.2. The summed E-state index contributed by atoms with van der Waals surface area (Å²) in [5.41, 5.74) is 7.68. The van der Waals surface area contributed by atoms with Crippen LogP contribution in [0.15, 0.2) is 40.8 Å². The third-order valence-electron chi connectivity index (χ3n) is 3.37. The maximum atomic E-state index is 12.2. The van der Waals surface area contributed by atoms with Gasteiger partial charge in [0.2, 0.25) is 5.78 Å². The van der Waals surface area contributed by atoms with Gasteiger partial charge >= 0.3 is 0 Å². The van der Waals surface area contributed by atoms with Crippen LogP contribution in [-0.2, 0) is 0 Å². The second-order valence-electron chi connectivity index (χ2n) is 4.91. The van der Waals surface area contributed by atoms with Crippen molar-refractivity contribution in [2.75, 3.05) is 0 Å². The van der Waals surface area contributed by atoms with Crippen molar-refractivity contribution in [3.8, 4) is 0 Å². The van der Waals surface area contributed by atoms with Crippen LogP contribution in [-0.4, -0.2) is 11.8 Å². The first kappa shape index (κ1) is 11.2. The zero-order chi connectivity index (χ0) is 12.7. The molecule has 18 heavy (non-hydrogen) atoms. The molecule has 0 spiro atoms. The minimum absolute atomic E-state index is 0.00873. The van der Waals surface area contributed by atoms with E-state index in [-0.39, 0.29) is 17.7 Å². The van der Waals surface area contributed by atoms with E-state index in [2.05, 4.69) is 0 Å². The van der Waals surface area contributed by atoms with Crippen molar-refractivity contribution in [1.29, 1.82) is 0 Å². The summed E-state index contributed by atoms with van der Waals surface area (Å²) in [6, 6.07) is 7.71. The van der Waals surface area contributed by atoms with Gasteiger partial charge in [0.25, 0.3) is 0 Å². The van der Waals surface area contributed by atoms with Gasteiger partial charge in [-0.15, -0.1) is 0 Å². The van der Waals surface area contributed by atoms with Crippen LogP contribution < -0.4 is 5.73 Å². The Kier molecular flexibility index (Phi) is 2.56. The fourth-order valence-electron chi connectivity index (χ4n) is 2.39. The largest absolute Gasteiger partial charge is 0.453 e. The average molecular weight is 241 g/mol. The van der Waals surface area contributed by atoms with Gasteiger partial charge in [0.15, 0.2) is 5.76 Å². The minimum atomic E-state index is -0.137. The first-order valence-corrected chi connectivity index (χ1v) is 6.12. The standard InChI is InChI=1S/C15H15NO2/c1-9-2-5-13-11(6-9)8-14(18-13)15(17)10-3-4-12(16)7-10/h2-6,8,10,12H,7,16H2,1H3. The number of fused-ring (bicyclic) bond motifs is 1. The first-order chi connectivity index (χ1) is 8.63. The quantitative estimate of drug-likeness (QED) is 0.649. The van der Waals surface area contributed by atoms with E-state index in [0.717, 1.165) is 16.5 Å². The predicted molar refractivity (Wildman–Crippen MR) is 70.5 cm³/mol. The Morgan fingerprint density at radius 3 is 2.89 bits per heavy atom. The molecule has 2 unspecified atom stereocenters. The number of benzene rings is 1. The monoisotopic (exact) mass is 241 g/mol. The Morgan fingerprint density at radius 1 is 1.33 bits per heavy atom. The number of carbonyl (C=O) groups is 1. The lowest BCUT2D eigenvalue weighted by atomic mass is 10.0. The molecule has 2 N–H and O–H groups in total. The topological polar surface area (TPSA) is 56.2 Å². The van der Waals surface area contributed by atoms with Gasteiger partial charge in [-0.2, -0.15) is 0 Å². The lowest BCUT2D eigenvalue weighted by Gasteiger charge is -2.05. The number of Topliss-reactive ketones (excluding diaryl/α,β-unsaturated/α-hetero) is 1. The van der Waals surface area contributed by atoms with Crippen molar-refractivity contribution in [2.45, 2.75) is 19.4 Å². The van der Waals surface area contributed by atoms with E-state index in [0.29, 0.717) is 12.2 Å². The smallest absolute Gasteiger partial charge is 0.204 e. The molecule has 0 bridgehead atoms. The minimum Gasteiger partial charge on any atom is -0.453 e. The molecule has 1 aliphatic rings. The van der Waals surface area contributed by atoms with Crippen molar-refractivity contribution in [1.82, 2.24) is 0 Å². The second kappa shape index (κ2) is 4.10. The van der Waals surface area contributed by atoms with E-state index in [1.807, 2.05) is 43.3 Å². The third kappa shape index (κ3) is 1.87. The Morgan fingerprint density at radius 2 is 2.17 bits per heavy atom. The van der Waals surface area contributed by atoms with Crippen LogP contribution in [0.2, 0.25) is 0 Å². The predicted octanol–water partition coefficient (Wildman–Crippen LogP) is 2.83. The van der Waals surface area contributed by atoms with Gasteiger partial charge < -0.3 is 10.2 Å². The SMILES string of the molecule is Cc1ccc2oc(C(=O)C3C=CC(N)C3)cc2c1. The van der Waals surface area contributed by atoms with Gasteiger partial charge in [-0.1, -0.05) is 23.8 Å². The third-order valence-corrected chi connectivity index (χ3v) is 3.37. The van der Waals surface area contributed by atoms with E-state index >= 15 is 0 Å². The lowest BCUT2D eigenvalue weighted by molar-refractivity contribution is 0.0917. The van der Waals surface area contributed by atoms with Crippen molar-refractivity contribution in [3.05, 3.63) is 47.7 Å². The summed E-state index contributed by atoms with van der Waals surface area (Å²) in [5, 5.41) is 0.977. The van der Waals surface area contributed by atoms with Gasteiger partial charge in [0.1, 0.15) is 5.58 Å². The van der Waals surface area contributed by atoms with E-state index in [9.17, 15) is 4.79 Å². The maximum Gasteiger partial charge on any atom is 0.204 e. The van der Waals surface area contributed by atoms with Crippen LogP contribution in [0.5, 0.6) is 0 Å². The van der Waals surface area contributed by atoms with Crippen LogP contribution in [0.25, 0.3) is 11.0 Å². The molecule has 0 aliphatic heterocycles. The number of allylic oxidation sites excluding steroid dienone is 1. The Labute approximate surface area is 105 Å². The summed E-state index contributed by atoms with van der Waals surface area (Å²) in [6.07, 6.45) is 4.44. The van der Waals surface area contributed by atoms with Crippen molar-refractivity contribution < 1.29 is 9.21 Å². The van der Waals surface area contributed by atoms with E-state index in [4.69, 9.17) is 10.2 Å². The van der Waals surface area contributed by atoms with E-state index < -0.39 is 0 Å². The zero-order valence-corrected chi connectivity index (χ0v) is 10.2. The molecule has 1 heterocycles. The zero-order valence-electron chi connectivity index (χ0n) is 10.2. The van der Waals surface area contributed by atoms with E-state index in [1.165, 1.54) is 0 Å². The van der Waals surface area contributed by atoms with Crippen LogP contribution in [0, 0.1) is 12.8 Å². The highest BCUT2D eigenvalue weighted by atomic mass is 16.3. The summed E-state index contributed by atoms with van der Waals surface area (Å²) in [6.45, 7) is 2.02. The molecule has 92 valence electrons. The van der Waals surface area contributed by atoms with Gasteiger partial charge in [-0.25, -0.2) is 0 Å². The molecular weight excluding hydrogens is 226 g/mol. The van der Waals surface area contributed by atoms with E-state index in [1.54, 1.807) is 0 Å². The molecule has 0 fully saturated rings. The molecule has 3 nitrogen and oxygen atoms in total. The number of furan rings is 1. The summed E-state index contributed by atoms with van der Waals surface area (Å²) in [5.74, 6) is 0.314. The van der Waals surface area contributed by atoms with Crippen molar-refractivity contribution in [2.24, 2.45) is 11.7 Å². The molecule has 1 aromatic heterocycles. The molecule has 3 heteroatoms. The molecule has 0 saturated carbocycles. The number of rotatable bonds is 2. The summed E-state index contributed by atoms with van der Waals surface area (Å²) in [7, 11) is 0. The highest BCUT2D eigenvalue weighted by molar-refractivity contribution is 6.00. The van der Waals surface area contributed by atoms with Gasteiger partial charge in [0, 0.05) is 17.3 Å². The molecule has 1 aromatic carbocycles. The van der Waals surface area contributed by atoms with Crippen LogP contribution in [0.4, 0.5) is 0 Å². The number of ketones is 1. The number of carbonyl (C=O) groups excluding carboxylic acids is 1. The summed E-state index contributed by atoms with van der Waals surface area (Å²) < 4.78 is 5.61. The highest BCUT2D eigenvalue weighted by Gasteiger charge is 2.26. The average Bonchev–Trinajstić information content (AvgIpc) is 2.93. The van der Waals surface area contributed by atoms with Gasteiger partial charge in [-0.05, 0) is 31.5 Å². The van der Waals surface area contributed by atoms with Crippen LogP contribution in [0.1, 0.15) is 22.5 Å². The molecule has 0 amide bonds. The molecule has 2 atom stereocenters. The fourth-order valence-corrected chi connectivity index (χ4v) is 2.39. The van der Waals surface area contributed by atoms with Crippen molar-refractivity contribution >= 4 is 16.8 Å². The van der Waals surface area contributed by atoms with Gasteiger partial charge in [-0.3, -0.25) is 4.79 Å². The highest BCUT2D eigenvalue weighted by Crippen LogP contribution is 2.26. The fraction of sp³-hybridized carbons (Fsp3) is 0.267. The Hall–Kier alpha value is -1.87. The van der Waals surface area contributed by atoms with Crippen LogP contribution in [0.3, 0.4) is 0 Å². The molecule has 0 radical (unpaired) electrons. The summed E-state index contributed by atoms with van der Waals surface area (Å²) in [4.78, 5) is 12.2. The van der Waals surface area contributed by atoms with Gasteiger partial charge in [0.05, 0.1) is 0 Å². The number of hydrogen-bond acceptors (Lipinski definition) is 3. The Bertz CT molecular complexity index is 639. The Balaban J connectivity index is 1.94. The number of nitrogens with two attached hydrogens (primary N) is 1. The molecular formula is C15H15NO2. The van der Waals surface area contributed by atoms with Crippen LogP contribution >= 0.6 is 0 Å². The first-order valence-electron chi connectivity index (χ1n) is 6.12. The molecule has 2 aromatic rings. The number of aryl methyl sites for hydroxylation is 1. The molecule has 0 saturated heterocycles. The molecule has 3 rings (SSSR count). The molecule has 1 aliphatic carbocycles. The van der Waals surface area contributed by atoms with Crippen molar-refractivity contribution in [3.63, 3.8) is 0 Å². The number of hydrogen-bond donors (Lipinski definition) is 1. The summed E-state index contributed by atoms with van der Waals surface area (Å²) >= 11 is 0.